The van der Waals surface area contributed by atoms with Gasteiger partial charge in [-0.05, 0) is 68.6 Å². The van der Waals surface area contributed by atoms with Crippen LogP contribution in [0.5, 0.6) is 5.75 Å². The van der Waals surface area contributed by atoms with Crippen LogP contribution in [0.2, 0.25) is 0 Å². The van der Waals surface area contributed by atoms with Crippen LogP contribution < -0.4 is 10.1 Å². The second-order valence-electron chi connectivity index (χ2n) is 8.31. The van der Waals surface area contributed by atoms with Gasteiger partial charge in [-0.3, -0.25) is 19.7 Å². The molecule has 0 bridgehead atoms. The summed E-state index contributed by atoms with van der Waals surface area (Å²) in [6, 6.07) is 19.2. The molecular formula is C26H30N4O2. The van der Waals surface area contributed by atoms with Crippen molar-refractivity contribution in [3.8, 4) is 5.75 Å². The second kappa shape index (κ2) is 10.4. The lowest BCUT2D eigenvalue weighted by molar-refractivity contribution is 0.0871. The number of hydrogen-bond acceptors (Lipinski definition) is 5. The molecule has 0 aliphatic carbocycles. The number of benzene rings is 1. The molecule has 1 aromatic carbocycles. The summed E-state index contributed by atoms with van der Waals surface area (Å²) in [6.45, 7) is 4.74. The molecule has 3 heterocycles. The van der Waals surface area contributed by atoms with Crippen LogP contribution in [-0.4, -0.2) is 41.0 Å². The average Bonchev–Trinajstić information content (AvgIpc) is 2.83. The summed E-state index contributed by atoms with van der Waals surface area (Å²) in [7, 11) is 1.58. The van der Waals surface area contributed by atoms with Crippen LogP contribution in [0.3, 0.4) is 0 Å². The third-order valence-corrected chi connectivity index (χ3v) is 5.99. The van der Waals surface area contributed by atoms with E-state index in [1.54, 1.807) is 19.4 Å². The first-order valence-electron chi connectivity index (χ1n) is 11.1. The van der Waals surface area contributed by atoms with Crippen LogP contribution in [0.1, 0.15) is 46.3 Å². The molecule has 0 radical (unpaired) electrons. The van der Waals surface area contributed by atoms with Gasteiger partial charge in [0.15, 0.2) is 0 Å². The maximum absolute atomic E-state index is 13.2. The van der Waals surface area contributed by atoms with Gasteiger partial charge in [-0.2, -0.15) is 0 Å². The largest absolute Gasteiger partial charge is 0.496 e. The summed E-state index contributed by atoms with van der Waals surface area (Å²) in [5, 5.41) is 3.26. The lowest BCUT2D eigenvalue weighted by atomic mass is 9.88. The molecule has 2 aromatic heterocycles. The summed E-state index contributed by atoms with van der Waals surface area (Å²) in [5.74, 6) is 0.679. The molecule has 1 amide bonds. The van der Waals surface area contributed by atoms with Crippen molar-refractivity contribution in [2.45, 2.75) is 32.4 Å². The number of methoxy groups -OCH3 is 1. The Labute approximate surface area is 189 Å². The fraction of sp³-hybridized carbons (Fsp3) is 0.346. The van der Waals surface area contributed by atoms with Crippen LogP contribution in [0.25, 0.3) is 0 Å². The Hall–Kier alpha value is -3.25. The number of aromatic nitrogens is 2. The molecule has 0 unspecified atom stereocenters. The summed E-state index contributed by atoms with van der Waals surface area (Å²) >= 11 is 0. The SMILES string of the molecule is COc1ccccc1C(=O)N[C@H](c1ccccn1)[C@@H]1CCCN(Cc2cccc(C)n2)C1. The molecule has 6 nitrogen and oxygen atoms in total. The number of hydrogen-bond donors (Lipinski definition) is 1. The molecule has 6 heteroatoms. The minimum atomic E-state index is -0.179. The first kappa shape index (κ1) is 22.0. The van der Waals surface area contributed by atoms with E-state index in [0.717, 1.165) is 49.6 Å². The predicted octanol–water partition coefficient (Wildman–Crippen LogP) is 4.18. The lowest BCUT2D eigenvalue weighted by Gasteiger charge is -2.37. The zero-order chi connectivity index (χ0) is 22.3. The first-order chi connectivity index (χ1) is 15.6. The van der Waals surface area contributed by atoms with Gasteiger partial charge in [0.1, 0.15) is 5.75 Å². The Balaban J connectivity index is 1.54. The number of carbonyl (C=O) groups excluding carboxylic acids is 1. The number of rotatable bonds is 7. The summed E-state index contributed by atoms with van der Waals surface area (Å²) < 4.78 is 5.40. The topological polar surface area (TPSA) is 67.3 Å². The zero-order valence-corrected chi connectivity index (χ0v) is 18.7. The van der Waals surface area contributed by atoms with Gasteiger partial charge in [0.05, 0.1) is 30.1 Å². The number of pyridine rings is 2. The Bertz CT molecular complexity index is 1040. The fourth-order valence-corrected chi connectivity index (χ4v) is 4.47. The Morgan fingerprint density at radius 3 is 2.78 bits per heavy atom. The van der Waals surface area contributed by atoms with Gasteiger partial charge in [0, 0.05) is 25.0 Å². The maximum Gasteiger partial charge on any atom is 0.255 e. The number of para-hydroxylation sites is 1. The number of amides is 1. The molecule has 3 aromatic rings. The van der Waals surface area contributed by atoms with Crippen molar-refractivity contribution in [3.63, 3.8) is 0 Å². The lowest BCUT2D eigenvalue weighted by Crippen LogP contribution is -2.43. The fourth-order valence-electron chi connectivity index (χ4n) is 4.47. The van der Waals surface area contributed by atoms with Crippen LogP contribution >= 0.6 is 0 Å². The van der Waals surface area contributed by atoms with Gasteiger partial charge in [0.25, 0.3) is 5.91 Å². The van der Waals surface area contributed by atoms with E-state index in [2.05, 4.69) is 32.3 Å². The van der Waals surface area contributed by atoms with Crippen LogP contribution in [0.15, 0.2) is 66.9 Å². The van der Waals surface area contributed by atoms with E-state index in [4.69, 9.17) is 4.74 Å². The minimum Gasteiger partial charge on any atom is -0.496 e. The molecule has 1 aliphatic rings. The third-order valence-electron chi connectivity index (χ3n) is 5.99. The number of piperidine rings is 1. The highest BCUT2D eigenvalue weighted by Crippen LogP contribution is 2.30. The van der Waals surface area contributed by atoms with E-state index >= 15 is 0 Å². The molecule has 166 valence electrons. The highest BCUT2D eigenvalue weighted by atomic mass is 16.5. The van der Waals surface area contributed by atoms with Gasteiger partial charge in [-0.25, -0.2) is 0 Å². The highest BCUT2D eigenvalue weighted by Gasteiger charge is 2.31. The molecule has 1 fully saturated rings. The molecule has 1 aliphatic heterocycles. The van der Waals surface area contributed by atoms with E-state index in [1.165, 1.54) is 0 Å². The van der Waals surface area contributed by atoms with E-state index in [1.807, 2.05) is 49.4 Å². The van der Waals surface area contributed by atoms with Crippen molar-refractivity contribution >= 4 is 5.91 Å². The zero-order valence-electron chi connectivity index (χ0n) is 18.7. The molecule has 1 saturated heterocycles. The van der Waals surface area contributed by atoms with Crippen molar-refractivity contribution in [2.24, 2.45) is 5.92 Å². The molecule has 0 saturated carbocycles. The van der Waals surface area contributed by atoms with Crippen molar-refractivity contribution in [1.82, 2.24) is 20.2 Å². The number of ether oxygens (including phenoxy) is 1. The number of aryl methyl sites for hydroxylation is 1. The predicted molar refractivity (Wildman–Crippen MR) is 124 cm³/mol. The molecule has 1 N–H and O–H groups in total. The van der Waals surface area contributed by atoms with E-state index < -0.39 is 0 Å². The molecule has 32 heavy (non-hydrogen) atoms. The molecular weight excluding hydrogens is 400 g/mol. The number of nitrogens with one attached hydrogen (secondary N) is 1. The van der Waals surface area contributed by atoms with E-state index in [9.17, 15) is 4.79 Å². The minimum absolute atomic E-state index is 0.143. The molecule has 4 rings (SSSR count). The van der Waals surface area contributed by atoms with Crippen molar-refractivity contribution in [2.75, 3.05) is 20.2 Å². The maximum atomic E-state index is 13.2. The van der Waals surface area contributed by atoms with E-state index in [0.29, 0.717) is 11.3 Å². The monoisotopic (exact) mass is 430 g/mol. The van der Waals surface area contributed by atoms with Crippen LogP contribution in [-0.2, 0) is 6.54 Å². The van der Waals surface area contributed by atoms with Gasteiger partial charge in [0.2, 0.25) is 0 Å². The quantitative estimate of drug-likeness (QED) is 0.609. The van der Waals surface area contributed by atoms with Crippen LogP contribution in [0, 0.1) is 12.8 Å². The molecule has 0 spiro atoms. The summed E-state index contributed by atoms with van der Waals surface area (Å²) in [6.07, 6.45) is 3.89. The van der Waals surface area contributed by atoms with E-state index in [-0.39, 0.29) is 17.9 Å². The summed E-state index contributed by atoms with van der Waals surface area (Å²) in [5.41, 5.74) is 3.54. The van der Waals surface area contributed by atoms with Crippen molar-refractivity contribution < 1.29 is 9.53 Å². The Morgan fingerprint density at radius 2 is 2.00 bits per heavy atom. The average molecular weight is 431 g/mol. The first-order valence-corrected chi connectivity index (χ1v) is 11.1. The molecule has 2 atom stereocenters. The number of likely N-dealkylation sites (tertiary alicyclic amines) is 1. The van der Waals surface area contributed by atoms with Gasteiger partial charge < -0.3 is 10.1 Å². The third kappa shape index (κ3) is 5.32. The van der Waals surface area contributed by atoms with Crippen molar-refractivity contribution in [1.29, 1.82) is 0 Å². The Kier molecular flexibility index (Phi) is 7.12. The van der Waals surface area contributed by atoms with Gasteiger partial charge >= 0.3 is 0 Å². The summed E-state index contributed by atoms with van der Waals surface area (Å²) in [4.78, 5) is 24.9. The Morgan fingerprint density at radius 1 is 1.16 bits per heavy atom. The number of carbonyl (C=O) groups is 1. The van der Waals surface area contributed by atoms with Gasteiger partial charge in [-0.15, -0.1) is 0 Å². The number of nitrogens with zero attached hydrogens (tertiary/aromatic N) is 3. The highest BCUT2D eigenvalue weighted by molar-refractivity contribution is 5.97. The normalized spacial score (nSPS) is 17.5. The second-order valence-corrected chi connectivity index (χ2v) is 8.31. The van der Waals surface area contributed by atoms with Crippen LogP contribution in [0.4, 0.5) is 0 Å². The van der Waals surface area contributed by atoms with Gasteiger partial charge in [-0.1, -0.05) is 24.3 Å². The smallest absolute Gasteiger partial charge is 0.255 e. The standard InChI is InChI=1S/C26H30N4O2/c1-19-9-7-11-21(28-19)18-30-16-8-10-20(17-30)25(23-13-5-6-15-27-23)29-26(31)22-12-3-4-14-24(22)32-2/h3-7,9,11-15,20,25H,8,10,16-18H2,1-2H3,(H,29,31)/t20-,25+/m1/s1. The van der Waals surface area contributed by atoms with Crippen molar-refractivity contribution in [3.05, 3.63) is 89.5 Å².